The quantitative estimate of drug-likeness (QED) is 0.908. The first-order valence-corrected chi connectivity index (χ1v) is 7.00. The summed E-state index contributed by atoms with van der Waals surface area (Å²) in [5.41, 5.74) is 8.53. The predicted octanol–water partition coefficient (Wildman–Crippen LogP) is 2.38. The zero-order valence-electron chi connectivity index (χ0n) is 12.0. The molecule has 0 atom stereocenters. The lowest BCUT2D eigenvalue weighted by atomic mass is 10.0. The Morgan fingerprint density at radius 3 is 2.45 bits per heavy atom. The molecule has 2 N–H and O–H groups in total. The van der Waals surface area contributed by atoms with E-state index >= 15 is 0 Å². The maximum atomic E-state index is 11.7. The van der Waals surface area contributed by atoms with Crippen LogP contribution in [-0.2, 0) is 6.54 Å². The summed E-state index contributed by atoms with van der Waals surface area (Å²) in [5.74, 6) is 0.510. The van der Waals surface area contributed by atoms with Gasteiger partial charge in [-0.3, -0.25) is 4.79 Å². The molecule has 1 aromatic heterocycles. The Bertz CT molecular complexity index is 614. The van der Waals surface area contributed by atoms with Crippen LogP contribution in [-0.4, -0.2) is 16.3 Å². The van der Waals surface area contributed by atoms with E-state index in [1.165, 1.54) is 10.2 Å². The van der Waals surface area contributed by atoms with Crippen LogP contribution in [0.4, 0.5) is 0 Å². The average molecular weight is 271 g/mol. The highest BCUT2D eigenvalue weighted by molar-refractivity contribution is 5.58. The van der Waals surface area contributed by atoms with E-state index in [9.17, 15) is 4.79 Å². The zero-order chi connectivity index (χ0) is 14.5. The van der Waals surface area contributed by atoms with Crippen molar-refractivity contribution in [3.05, 3.63) is 52.3 Å². The van der Waals surface area contributed by atoms with Gasteiger partial charge in [0.25, 0.3) is 5.56 Å². The molecule has 20 heavy (non-hydrogen) atoms. The van der Waals surface area contributed by atoms with Gasteiger partial charge in [-0.15, -0.1) is 0 Å². The van der Waals surface area contributed by atoms with E-state index in [2.05, 4.69) is 43.2 Å². The van der Waals surface area contributed by atoms with Crippen LogP contribution in [0.3, 0.4) is 0 Å². The summed E-state index contributed by atoms with van der Waals surface area (Å²) in [6.07, 6.45) is 0.753. The van der Waals surface area contributed by atoms with E-state index in [1.807, 2.05) is 0 Å². The first-order chi connectivity index (χ1) is 9.61. The fraction of sp³-hybridized carbons (Fsp3) is 0.375. The number of aryl methyl sites for hydroxylation is 1. The number of hydrogen-bond donors (Lipinski definition) is 1. The molecule has 4 nitrogen and oxygen atoms in total. The standard InChI is InChI=1S/C16H21N3O/c1-12(2)13-4-6-14(7-5-13)15-8-9-16(20)19(18-15)11-3-10-17/h4-9,12H,3,10-11,17H2,1-2H3. The molecule has 0 unspecified atom stereocenters. The molecule has 1 heterocycles. The van der Waals surface area contributed by atoms with Gasteiger partial charge in [0.15, 0.2) is 0 Å². The topological polar surface area (TPSA) is 60.9 Å². The predicted molar refractivity (Wildman–Crippen MR) is 81.7 cm³/mol. The second-order valence-corrected chi connectivity index (χ2v) is 5.20. The molecule has 0 saturated heterocycles. The van der Waals surface area contributed by atoms with Crippen molar-refractivity contribution in [2.45, 2.75) is 32.7 Å². The fourth-order valence-electron chi connectivity index (χ4n) is 2.04. The van der Waals surface area contributed by atoms with Crippen LogP contribution >= 0.6 is 0 Å². The lowest BCUT2D eigenvalue weighted by Gasteiger charge is -2.08. The van der Waals surface area contributed by atoms with Crippen LogP contribution in [0.5, 0.6) is 0 Å². The minimum Gasteiger partial charge on any atom is -0.330 e. The van der Waals surface area contributed by atoms with E-state index in [0.717, 1.165) is 17.7 Å². The molecule has 4 heteroatoms. The third-order valence-corrected chi connectivity index (χ3v) is 3.31. The first kappa shape index (κ1) is 14.5. The molecule has 0 amide bonds. The summed E-state index contributed by atoms with van der Waals surface area (Å²) in [6, 6.07) is 11.7. The third kappa shape index (κ3) is 3.33. The molecular formula is C16H21N3O. The molecule has 0 aliphatic carbocycles. The van der Waals surface area contributed by atoms with Crippen LogP contribution in [0.1, 0.15) is 31.7 Å². The average Bonchev–Trinajstić information content (AvgIpc) is 2.46. The Balaban J connectivity index is 2.30. The van der Waals surface area contributed by atoms with E-state index in [1.54, 1.807) is 12.1 Å². The summed E-state index contributed by atoms with van der Waals surface area (Å²) in [7, 11) is 0. The van der Waals surface area contributed by atoms with Gasteiger partial charge in [-0.2, -0.15) is 5.10 Å². The Labute approximate surface area is 119 Å². The highest BCUT2D eigenvalue weighted by Crippen LogP contribution is 2.20. The molecule has 2 rings (SSSR count). The molecule has 0 spiro atoms. The molecule has 0 fully saturated rings. The second kappa shape index (κ2) is 6.48. The number of benzene rings is 1. The number of aromatic nitrogens is 2. The summed E-state index contributed by atoms with van der Waals surface area (Å²) < 4.78 is 1.48. The number of rotatable bonds is 5. The van der Waals surface area contributed by atoms with Crippen LogP contribution in [0.2, 0.25) is 0 Å². The van der Waals surface area contributed by atoms with Gasteiger partial charge in [0, 0.05) is 18.2 Å². The van der Waals surface area contributed by atoms with Crippen molar-refractivity contribution < 1.29 is 0 Å². The maximum Gasteiger partial charge on any atom is 0.266 e. The van der Waals surface area contributed by atoms with Crippen molar-refractivity contribution in [1.29, 1.82) is 0 Å². The summed E-state index contributed by atoms with van der Waals surface area (Å²) in [6.45, 7) is 5.45. The Hall–Kier alpha value is -1.94. The first-order valence-electron chi connectivity index (χ1n) is 7.00. The molecule has 0 aliphatic heterocycles. The van der Waals surface area contributed by atoms with Gasteiger partial charge < -0.3 is 5.73 Å². The number of hydrogen-bond acceptors (Lipinski definition) is 3. The highest BCUT2D eigenvalue weighted by Gasteiger charge is 2.04. The molecule has 2 aromatic rings. The van der Waals surface area contributed by atoms with Gasteiger partial charge in [0.2, 0.25) is 0 Å². The lowest BCUT2D eigenvalue weighted by Crippen LogP contribution is -2.23. The molecule has 0 aliphatic rings. The van der Waals surface area contributed by atoms with Crippen LogP contribution in [0, 0.1) is 0 Å². The number of nitrogens with two attached hydrogens (primary N) is 1. The summed E-state index contributed by atoms with van der Waals surface area (Å²) >= 11 is 0. The van der Waals surface area contributed by atoms with Crippen molar-refractivity contribution in [1.82, 2.24) is 9.78 Å². The molecule has 0 bridgehead atoms. The van der Waals surface area contributed by atoms with Crippen molar-refractivity contribution >= 4 is 0 Å². The van der Waals surface area contributed by atoms with Gasteiger partial charge >= 0.3 is 0 Å². The van der Waals surface area contributed by atoms with Crippen LogP contribution in [0.25, 0.3) is 11.3 Å². The van der Waals surface area contributed by atoms with Gasteiger partial charge in [-0.05, 0) is 30.5 Å². The SMILES string of the molecule is CC(C)c1ccc(-c2ccc(=O)n(CCCN)n2)cc1. The van der Waals surface area contributed by atoms with E-state index in [4.69, 9.17) is 5.73 Å². The zero-order valence-corrected chi connectivity index (χ0v) is 12.0. The van der Waals surface area contributed by atoms with E-state index in [0.29, 0.717) is 19.0 Å². The summed E-state index contributed by atoms with van der Waals surface area (Å²) in [4.78, 5) is 11.7. The molecular weight excluding hydrogens is 250 g/mol. The minimum atomic E-state index is -0.0824. The van der Waals surface area contributed by atoms with E-state index in [-0.39, 0.29) is 5.56 Å². The van der Waals surface area contributed by atoms with Crippen molar-refractivity contribution in [3.8, 4) is 11.3 Å². The minimum absolute atomic E-state index is 0.0824. The largest absolute Gasteiger partial charge is 0.330 e. The van der Waals surface area contributed by atoms with Crippen molar-refractivity contribution in [2.24, 2.45) is 5.73 Å². The second-order valence-electron chi connectivity index (χ2n) is 5.20. The Morgan fingerprint density at radius 2 is 1.85 bits per heavy atom. The van der Waals surface area contributed by atoms with Gasteiger partial charge in [0.1, 0.15) is 0 Å². The monoisotopic (exact) mass is 271 g/mol. The van der Waals surface area contributed by atoms with E-state index < -0.39 is 0 Å². The van der Waals surface area contributed by atoms with Crippen molar-refractivity contribution in [3.63, 3.8) is 0 Å². The van der Waals surface area contributed by atoms with Crippen LogP contribution in [0.15, 0.2) is 41.2 Å². The highest BCUT2D eigenvalue weighted by atomic mass is 16.1. The van der Waals surface area contributed by atoms with Crippen LogP contribution < -0.4 is 11.3 Å². The Kier molecular flexibility index (Phi) is 4.69. The Morgan fingerprint density at radius 1 is 1.15 bits per heavy atom. The third-order valence-electron chi connectivity index (χ3n) is 3.31. The summed E-state index contributed by atoms with van der Waals surface area (Å²) in [5, 5.41) is 4.40. The molecule has 1 aromatic carbocycles. The molecule has 106 valence electrons. The fourth-order valence-corrected chi connectivity index (χ4v) is 2.04. The van der Waals surface area contributed by atoms with Gasteiger partial charge in [-0.1, -0.05) is 38.1 Å². The van der Waals surface area contributed by atoms with Gasteiger partial charge in [-0.25, -0.2) is 4.68 Å². The molecule has 0 saturated carbocycles. The maximum absolute atomic E-state index is 11.7. The van der Waals surface area contributed by atoms with Gasteiger partial charge in [0.05, 0.1) is 5.69 Å². The molecule has 0 radical (unpaired) electrons. The smallest absolute Gasteiger partial charge is 0.266 e. The number of nitrogens with zero attached hydrogens (tertiary/aromatic N) is 2. The normalized spacial score (nSPS) is 11.0. The van der Waals surface area contributed by atoms with Crippen molar-refractivity contribution in [2.75, 3.05) is 6.54 Å². The lowest BCUT2D eigenvalue weighted by molar-refractivity contribution is 0.556.